The van der Waals surface area contributed by atoms with Gasteiger partial charge in [-0.05, 0) is 12.8 Å². The predicted octanol–water partition coefficient (Wildman–Crippen LogP) is 2.22. The number of hydrogen-bond acceptors (Lipinski definition) is 1. The van der Waals surface area contributed by atoms with E-state index in [0.29, 0.717) is 5.92 Å². The molecular formula is C9H18O. The fourth-order valence-electron chi connectivity index (χ4n) is 1.02. The van der Waals surface area contributed by atoms with Crippen molar-refractivity contribution < 1.29 is 5.11 Å². The number of aliphatic hydroxyl groups excluding tert-OH is 1. The maximum Gasteiger partial charge on any atom is 0.0622 e. The minimum absolute atomic E-state index is 0.198. The van der Waals surface area contributed by atoms with Gasteiger partial charge >= 0.3 is 0 Å². The third kappa shape index (κ3) is 3.02. The second-order valence-electron chi connectivity index (χ2n) is 3.12. The van der Waals surface area contributed by atoms with Crippen LogP contribution in [0.1, 0.15) is 27.7 Å². The monoisotopic (exact) mass is 142 g/mol. The van der Waals surface area contributed by atoms with Crippen LogP contribution >= 0.6 is 0 Å². The highest BCUT2D eigenvalue weighted by Gasteiger charge is 2.14. The van der Waals surface area contributed by atoms with E-state index < -0.39 is 0 Å². The van der Waals surface area contributed by atoms with Gasteiger partial charge in [-0.1, -0.05) is 32.9 Å². The molecular weight excluding hydrogens is 124 g/mol. The molecule has 0 aliphatic heterocycles. The molecule has 0 aromatic heterocycles. The summed E-state index contributed by atoms with van der Waals surface area (Å²) in [6.07, 6.45) is 3.82. The molecule has 1 heteroatoms. The Hall–Kier alpha value is -0.300. The van der Waals surface area contributed by atoms with Crippen LogP contribution in [0.15, 0.2) is 12.2 Å². The molecule has 10 heavy (non-hydrogen) atoms. The van der Waals surface area contributed by atoms with Crippen LogP contribution in [0, 0.1) is 11.8 Å². The minimum atomic E-state index is -0.198. The first kappa shape index (κ1) is 9.70. The molecule has 0 aromatic rings. The predicted molar refractivity (Wildman–Crippen MR) is 44.8 cm³/mol. The van der Waals surface area contributed by atoms with Gasteiger partial charge in [0.25, 0.3) is 0 Å². The summed E-state index contributed by atoms with van der Waals surface area (Å²) in [4.78, 5) is 0. The highest BCUT2D eigenvalue weighted by molar-refractivity contribution is 4.87. The lowest BCUT2D eigenvalue weighted by atomic mass is 9.95. The molecule has 0 heterocycles. The van der Waals surface area contributed by atoms with Gasteiger partial charge in [-0.25, -0.2) is 0 Å². The number of hydrogen-bond donors (Lipinski definition) is 1. The van der Waals surface area contributed by atoms with E-state index in [1.807, 2.05) is 39.8 Å². The summed E-state index contributed by atoms with van der Waals surface area (Å²) in [7, 11) is 0. The van der Waals surface area contributed by atoms with Crippen molar-refractivity contribution in [1.29, 1.82) is 0 Å². The summed E-state index contributed by atoms with van der Waals surface area (Å²) in [5.74, 6) is 0.635. The van der Waals surface area contributed by atoms with E-state index in [-0.39, 0.29) is 12.0 Å². The van der Waals surface area contributed by atoms with Gasteiger partial charge in [-0.2, -0.15) is 0 Å². The lowest BCUT2D eigenvalue weighted by Crippen LogP contribution is -2.21. The molecule has 0 radical (unpaired) electrons. The first-order valence-corrected chi connectivity index (χ1v) is 3.90. The molecule has 0 unspecified atom stereocenters. The van der Waals surface area contributed by atoms with E-state index in [1.54, 1.807) is 0 Å². The van der Waals surface area contributed by atoms with Crippen molar-refractivity contribution in [2.75, 3.05) is 0 Å². The molecule has 0 bridgehead atoms. The van der Waals surface area contributed by atoms with Gasteiger partial charge in [-0.15, -0.1) is 0 Å². The summed E-state index contributed by atoms with van der Waals surface area (Å²) >= 11 is 0. The summed E-state index contributed by atoms with van der Waals surface area (Å²) in [5, 5.41) is 9.47. The third-order valence-electron chi connectivity index (χ3n) is 1.72. The largest absolute Gasteiger partial charge is 0.392 e. The van der Waals surface area contributed by atoms with Crippen molar-refractivity contribution in [2.24, 2.45) is 11.8 Å². The van der Waals surface area contributed by atoms with E-state index in [0.717, 1.165) is 0 Å². The lowest BCUT2D eigenvalue weighted by molar-refractivity contribution is 0.0911. The fourth-order valence-corrected chi connectivity index (χ4v) is 1.02. The van der Waals surface area contributed by atoms with Crippen LogP contribution in [-0.4, -0.2) is 11.2 Å². The maximum absolute atomic E-state index is 9.47. The first-order chi connectivity index (χ1) is 4.59. The van der Waals surface area contributed by atoms with Gasteiger partial charge in [0.1, 0.15) is 0 Å². The molecule has 0 fully saturated rings. The van der Waals surface area contributed by atoms with E-state index in [2.05, 4.69) is 0 Å². The topological polar surface area (TPSA) is 20.2 Å². The smallest absolute Gasteiger partial charge is 0.0622 e. The maximum atomic E-state index is 9.47. The highest BCUT2D eigenvalue weighted by Crippen LogP contribution is 2.12. The van der Waals surface area contributed by atoms with E-state index in [9.17, 15) is 5.11 Å². The van der Waals surface area contributed by atoms with Crippen LogP contribution in [0.3, 0.4) is 0 Å². The molecule has 0 aliphatic carbocycles. The van der Waals surface area contributed by atoms with E-state index in [1.165, 1.54) is 0 Å². The molecule has 0 saturated carbocycles. The second kappa shape index (κ2) is 4.51. The molecule has 0 aliphatic rings. The van der Waals surface area contributed by atoms with Gasteiger partial charge < -0.3 is 5.11 Å². The summed E-state index contributed by atoms with van der Waals surface area (Å²) in [6.45, 7) is 8.07. The molecule has 0 aromatic carbocycles. The zero-order valence-electron chi connectivity index (χ0n) is 7.33. The van der Waals surface area contributed by atoms with Crippen LogP contribution in [0.4, 0.5) is 0 Å². The second-order valence-corrected chi connectivity index (χ2v) is 3.12. The summed E-state index contributed by atoms with van der Waals surface area (Å²) in [6, 6.07) is 0. The number of rotatable bonds is 3. The first-order valence-electron chi connectivity index (χ1n) is 3.90. The van der Waals surface area contributed by atoms with Crippen molar-refractivity contribution in [3.05, 3.63) is 12.2 Å². The molecule has 0 spiro atoms. The van der Waals surface area contributed by atoms with Gasteiger partial charge in [0.2, 0.25) is 0 Å². The molecule has 0 saturated heterocycles. The molecule has 2 atom stereocenters. The standard InChI is InChI=1S/C9H18O/c1-5-6-8(4)9(10)7(2)3/h5-10H,1-4H3/b6-5+/t8-,9+/m0/s1. The van der Waals surface area contributed by atoms with Crippen molar-refractivity contribution in [3.8, 4) is 0 Å². The van der Waals surface area contributed by atoms with Crippen molar-refractivity contribution >= 4 is 0 Å². The van der Waals surface area contributed by atoms with E-state index >= 15 is 0 Å². The van der Waals surface area contributed by atoms with Crippen LogP contribution in [0.25, 0.3) is 0 Å². The van der Waals surface area contributed by atoms with Crippen molar-refractivity contribution in [2.45, 2.75) is 33.8 Å². The Balaban J connectivity index is 3.81. The van der Waals surface area contributed by atoms with Gasteiger partial charge in [0, 0.05) is 5.92 Å². The Labute approximate surface area is 63.8 Å². The molecule has 1 N–H and O–H groups in total. The Kier molecular flexibility index (Phi) is 4.37. The zero-order valence-corrected chi connectivity index (χ0v) is 7.33. The Bertz CT molecular complexity index is 105. The SMILES string of the molecule is C/C=C/[C@H](C)[C@H](O)C(C)C. The summed E-state index contributed by atoms with van der Waals surface area (Å²) in [5.41, 5.74) is 0. The van der Waals surface area contributed by atoms with Crippen molar-refractivity contribution in [3.63, 3.8) is 0 Å². The Morgan fingerprint density at radius 1 is 1.20 bits per heavy atom. The van der Waals surface area contributed by atoms with Gasteiger partial charge in [-0.3, -0.25) is 0 Å². The molecule has 0 rings (SSSR count). The van der Waals surface area contributed by atoms with Crippen LogP contribution in [0.2, 0.25) is 0 Å². The number of allylic oxidation sites excluding steroid dienone is 1. The Morgan fingerprint density at radius 3 is 2.00 bits per heavy atom. The van der Waals surface area contributed by atoms with Crippen LogP contribution in [0.5, 0.6) is 0 Å². The van der Waals surface area contributed by atoms with Crippen LogP contribution < -0.4 is 0 Å². The summed E-state index contributed by atoms with van der Waals surface area (Å²) < 4.78 is 0. The quantitative estimate of drug-likeness (QED) is 0.599. The highest BCUT2D eigenvalue weighted by atomic mass is 16.3. The Morgan fingerprint density at radius 2 is 1.70 bits per heavy atom. The molecule has 1 nitrogen and oxygen atoms in total. The zero-order chi connectivity index (χ0) is 8.15. The normalized spacial score (nSPS) is 18.2. The molecule has 60 valence electrons. The van der Waals surface area contributed by atoms with Gasteiger partial charge in [0.15, 0.2) is 0 Å². The average molecular weight is 142 g/mol. The van der Waals surface area contributed by atoms with E-state index in [4.69, 9.17) is 0 Å². The fraction of sp³-hybridized carbons (Fsp3) is 0.778. The average Bonchev–Trinajstić information content (AvgIpc) is 1.87. The van der Waals surface area contributed by atoms with Gasteiger partial charge in [0.05, 0.1) is 6.10 Å². The number of aliphatic hydroxyl groups is 1. The van der Waals surface area contributed by atoms with Crippen molar-refractivity contribution in [1.82, 2.24) is 0 Å². The lowest BCUT2D eigenvalue weighted by Gasteiger charge is -2.18. The van der Waals surface area contributed by atoms with Crippen LogP contribution in [-0.2, 0) is 0 Å². The third-order valence-corrected chi connectivity index (χ3v) is 1.72. The molecule has 0 amide bonds. The minimum Gasteiger partial charge on any atom is -0.392 e.